The summed E-state index contributed by atoms with van der Waals surface area (Å²) in [6, 6.07) is 16.7. The van der Waals surface area contributed by atoms with Gasteiger partial charge < -0.3 is 25.2 Å². The standard InChI is InChI=1S/C32H40N2O7/c1-4-12-26(19-29(36)33-23(3)20-35)30(37)34-28(32(39)40-21-25-16-10-7-11-17-25)22-41-31(38)27(13-5-2)18-24-14-8-6-9-15-24/h4-11,14-17,23,26-28,35H,1-2,12-13,18-22H2,3H3,(H,33,36)(H,34,37)/t23-,26+,27+,28+/m0/s1. The number of rotatable bonds is 18. The van der Waals surface area contributed by atoms with Crippen molar-refractivity contribution >= 4 is 23.8 Å². The van der Waals surface area contributed by atoms with Crippen LogP contribution in [0.5, 0.6) is 0 Å². The Labute approximate surface area is 241 Å². The number of amides is 2. The molecule has 0 spiro atoms. The lowest BCUT2D eigenvalue weighted by atomic mass is 9.96. The highest BCUT2D eigenvalue weighted by Gasteiger charge is 2.30. The van der Waals surface area contributed by atoms with E-state index in [2.05, 4.69) is 23.8 Å². The van der Waals surface area contributed by atoms with E-state index >= 15 is 0 Å². The number of ether oxygens (including phenoxy) is 2. The van der Waals surface area contributed by atoms with Crippen LogP contribution in [-0.4, -0.2) is 54.2 Å². The molecule has 0 bridgehead atoms. The number of hydrogen-bond acceptors (Lipinski definition) is 7. The molecule has 3 N–H and O–H groups in total. The number of aliphatic hydroxyl groups excluding tert-OH is 1. The van der Waals surface area contributed by atoms with Crippen LogP contribution in [0.3, 0.4) is 0 Å². The molecule has 2 rings (SSSR count). The van der Waals surface area contributed by atoms with E-state index in [4.69, 9.17) is 9.47 Å². The van der Waals surface area contributed by atoms with E-state index in [0.717, 1.165) is 11.1 Å². The van der Waals surface area contributed by atoms with Gasteiger partial charge >= 0.3 is 11.9 Å². The second-order valence-electron chi connectivity index (χ2n) is 9.77. The number of carbonyl (C=O) groups is 4. The minimum absolute atomic E-state index is 0.0371. The third-order valence-electron chi connectivity index (χ3n) is 6.26. The van der Waals surface area contributed by atoms with Gasteiger partial charge in [-0.05, 0) is 37.3 Å². The average Bonchev–Trinajstić information content (AvgIpc) is 2.98. The minimum atomic E-state index is -1.30. The van der Waals surface area contributed by atoms with E-state index < -0.39 is 54.3 Å². The van der Waals surface area contributed by atoms with Gasteiger partial charge in [0.25, 0.3) is 0 Å². The highest BCUT2D eigenvalue weighted by Crippen LogP contribution is 2.16. The Morgan fingerprint density at radius 1 is 0.829 bits per heavy atom. The van der Waals surface area contributed by atoms with Crippen molar-refractivity contribution in [3.63, 3.8) is 0 Å². The minimum Gasteiger partial charge on any atom is -0.463 e. The van der Waals surface area contributed by atoms with Crippen molar-refractivity contribution < 1.29 is 33.8 Å². The second-order valence-corrected chi connectivity index (χ2v) is 9.77. The van der Waals surface area contributed by atoms with Gasteiger partial charge in [0, 0.05) is 12.5 Å². The zero-order valence-corrected chi connectivity index (χ0v) is 23.5. The van der Waals surface area contributed by atoms with Crippen molar-refractivity contribution in [3.05, 3.63) is 97.1 Å². The van der Waals surface area contributed by atoms with Crippen LogP contribution in [0, 0.1) is 11.8 Å². The van der Waals surface area contributed by atoms with E-state index in [-0.39, 0.29) is 26.1 Å². The van der Waals surface area contributed by atoms with Crippen LogP contribution in [0.25, 0.3) is 0 Å². The van der Waals surface area contributed by atoms with Crippen LogP contribution in [0.2, 0.25) is 0 Å². The fourth-order valence-electron chi connectivity index (χ4n) is 4.02. The monoisotopic (exact) mass is 564 g/mol. The summed E-state index contributed by atoms with van der Waals surface area (Å²) in [6.45, 7) is 8.28. The molecule has 220 valence electrons. The van der Waals surface area contributed by atoms with Gasteiger partial charge in [0.2, 0.25) is 11.8 Å². The lowest BCUT2D eigenvalue weighted by molar-refractivity contribution is -0.157. The molecule has 0 aromatic heterocycles. The van der Waals surface area contributed by atoms with Crippen molar-refractivity contribution in [2.24, 2.45) is 11.8 Å². The van der Waals surface area contributed by atoms with Crippen LogP contribution in [0.4, 0.5) is 0 Å². The smallest absolute Gasteiger partial charge is 0.332 e. The van der Waals surface area contributed by atoms with Crippen molar-refractivity contribution in [1.82, 2.24) is 10.6 Å². The Kier molecular flexibility index (Phi) is 14.6. The summed E-state index contributed by atoms with van der Waals surface area (Å²) in [7, 11) is 0. The molecule has 0 saturated heterocycles. The summed E-state index contributed by atoms with van der Waals surface area (Å²) < 4.78 is 11.0. The Hall–Kier alpha value is -4.24. The number of hydrogen-bond donors (Lipinski definition) is 3. The molecule has 0 radical (unpaired) electrons. The predicted octanol–water partition coefficient (Wildman–Crippen LogP) is 3.27. The highest BCUT2D eigenvalue weighted by molar-refractivity contribution is 5.89. The molecule has 0 fully saturated rings. The van der Waals surface area contributed by atoms with Gasteiger partial charge in [-0.2, -0.15) is 0 Å². The molecule has 0 aliphatic rings. The molecular formula is C32H40N2O7. The highest BCUT2D eigenvalue weighted by atomic mass is 16.6. The van der Waals surface area contributed by atoms with E-state index in [9.17, 15) is 24.3 Å². The van der Waals surface area contributed by atoms with E-state index in [1.165, 1.54) is 6.08 Å². The maximum atomic E-state index is 13.2. The van der Waals surface area contributed by atoms with Crippen LogP contribution < -0.4 is 10.6 Å². The van der Waals surface area contributed by atoms with E-state index in [0.29, 0.717) is 12.8 Å². The van der Waals surface area contributed by atoms with Crippen LogP contribution >= 0.6 is 0 Å². The molecule has 0 aliphatic carbocycles. The van der Waals surface area contributed by atoms with Gasteiger partial charge in [-0.1, -0.05) is 72.8 Å². The Bertz CT molecular complexity index is 1140. The lowest BCUT2D eigenvalue weighted by Gasteiger charge is -2.22. The average molecular weight is 565 g/mol. The van der Waals surface area contributed by atoms with E-state index in [1.807, 2.05) is 36.4 Å². The first kappa shape index (κ1) is 33.0. The van der Waals surface area contributed by atoms with Gasteiger partial charge in [-0.3, -0.25) is 14.4 Å². The van der Waals surface area contributed by atoms with Gasteiger partial charge in [0.1, 0.15) is 13.2 Å². The third-order valence-corrected chi connectivity index (χ3v) is 6.26. The zero-order chi connectivity index (χ0) is 30.0. The first-order valence-corrected chi connectivity index (χ1v) is 13.6. The molecular weight excluding hydrogens is 524 g/mol. The van der Waals surface area contributed by atoms with E-state index in [1.54, 1.807) is 37.3 Å². The first-order valence-electron chi connectivity index (χ1n) is 13.6. The summed E-state index contributed by atoms with van der Waals surface area (Å²) in [5.74, 6) is -3.72. The van der Waals surface area contributed by atoms with Crippen molar-refractivity contribution in [1.29, 1.82) is 0 Å². The molecule has 2 aromatic carbocycles. The topological polar surface area (TPSA) is 131 Å². The first-order chi connectivity index (χ1) is 19.8. The maximum absolute atomic E-state index is 13.2. The molecule has 9 nitrogen and oxygen atoms in total. The number of esters is 2. The zero-order valence-electron chi connectivity index (χ0n) is 23.5. The van der Waals surface area contributed by atoms with Gasteiger partial charge in [0.05, 0.1) is 18.4 Å². The fourth-order valence-corrected chi connectivity index (χ4v) is 4.02. The summed E-state index contributed by atoms with van der Waals surface area (Å²) >= 11 is 0. The number of carbonyl (C=O) groups excluding carboxylic acids is 4. The van der Waals surface area contributed by atoms with Crippen LogP contribution in [0.1, 0.15) is 37.3 Å². The third kappa shape index (κ3) is 12.2. The Morgan fingerprint density at radius 2 is 1.41 bits per heavy atom. The Balaban J connectivity index is 2.14. The van der Waals surface area contributed by atoms with Crippen LogP contribution in [0.15, 0.2) is 86.0 Å². The molecule has 2 amide bonds. The summed E-state index contributed by atoms with van der Waals surface area (Å²) in [5, 5.41) is 14.4. The summed E-state index contributed by atoms with van der Waals surface area (Å²) in [5.41, 5.74) is 1.69. The molecule has 41 heavy (non-hydrogen) atoms. The quantitative estimate of drug-likeness (QED) is 0.187. The van der Waals surface area contributed by atoms with Gasteiger partial charge in [0.15, 0.2) is 6.04 Å². The largest absolute Gasteiger partial charge is 0.463 e. The Morgan fingerprint density at radius 3 is 2.00 bits per heavy atom. The molecule has 2 aromatic rings. The van der Waals surface area contributed by atoms with Gasteiger partial charge in [-0.25, -0.2) is 4.79 Å². The molecule has 0 heterocycles. The van der Waals surface area contributed by atoms with Crippen LogP contribution in [-0.2, 0) is 41.7 Å². The summed E-state index contributed by atoms with van der Waals surface area (Å²) in [4.78, 5) is 51.7. The number of nitrogens with one attached hydrogen (secondary N) is 2. The molecule has 4 atom stereocenters. The van der Waals surface area contributed by atoms with Crippen molar-refractivity contribution in [2.45, 2.75) is 51.3 Å². The SMILES string of the molecule is C=CC[C@H](CC(=O)N[C@@H](C)CO)C(=O)N[C@H](COC(=O)[C@H](CC=C)Cc1ccccc1)C(=O)OCc1ccccc1. The number of allylic oxidation sites excluding steroid dienone is 2. The predicted molar refractivity (Wildman–Crippen MR) is 155 cm³/mol. The molecule has 9 heteroatoms. The number of benzene rings is 2. The molecule has 0 aliphatic heterocycles. The second kappa shape index (κ2) is 18.2. The fraction of sp³-hybridized carbons (Fsp3) is 0.375. The van der Waals surface area contributed by atoms with Crippen molar-refractivity contribution in [2.75, 3.05) is 13.2 Å². The lowest BCUT2D eigenvalue weighted by Crippen LogP contribution is -2.48. The number of aliphatic hydroxyl groups is 1. The molecule has 0 saturated carbocycles. The van der Waals surface area contributed by atoms with Gasteiger partial charge in [-0.15, -0.1) is 13.2 Å². The molecule has 0 unspecified atom stereocenters. The normalized spacial score (nSPS) is 13.5. The summed E-state index contributed by atoms with van der Waals surface area (Å²) in [6.07, 6.45) is 3.89. The van der Waals surface area contributed by atoms with Crippen molar-refractivity contribution in [3.8, 4) is 0 Å². The maximum Gasteiger partial charge on any atom is 0.332 e.